The van der Waals surface area contributed by atoms with E-state index < -0.39 is 4.92 Å². The van der Waals surface area contributed by atoms with Gasteiger partial charge in [-0.2, -0.15) is 0 Å². The number of nitro benzene ring substituents is 1. The fourth-order valence-electron chi connectivity index (χ4n) is 5.16. The molecule has 7 aromatic heterocycles. The summed E-state index contributed by atoms with van der Waals surface area (Å²) in [5.74, 6) is 0. The number of nitro groups is 1. The van der Waals surface area contributed by atoms with Crippen molar-refractivity contribution in [3.8, 4) is 22.8 Å². The average molecular weight is 741 g/mol. The maximum absolute atomic E-state index is 11.0. The molecule has 240 valence electrons. The zero-order chi connectivity index (χ0) is 33.4. The van der Waals surface area contributed by atoms with Crippen molar-refractivity contribution >= 4 is 49.6 Å². The molecule has 9 rings (SSSR count). The van der Waals surface area contributed by atoms with E-state index in [1.165, 1.54) is 12.1 Å². The van der Waals surface area contributed by atoms with Crippen molar-refractivity contribution in [1.29, 1.82) is 0 Å². The van der Waals surface area contributed by atoms with Gasteiger partial charge < -0.3 is 0 Å². The van der Waals surface area contributed by atoms with Crippen LogP contribution in [0.4, 0.5) is 5.69 Å². The van der Waals surface area contributed by atoms with Crippen molar-refractivity contribution in [2.45, 2.75) is 0 Å². The second kappa shape index (κ2) is 15.6. The molecule has 0 aliphatic carbocycles. The first-order chi connectivity index (χ1) is 24.2. The fraction of sp³-hybridized carbons (Fsp3) is 0. The van der Waals surface area contributed by atoms with Crippen LogP contribution in [0.1, 0.15) is 0 Å². The molecule has 11 nitrogen and oxygen atoms in total. The Kier molecular flexibility index (Phi) is 10.4. The van der Waals surface area contributed by atoms with E-state index in [1.807, 2.05) is 97.1 Å². The molecule has 0 aliphatic rings. The molecule has 7 heterocycles. The summed E-state index contributed by atoms with van der Waals surface area (Å²) in [5.41, 5.74) is 7.62. The normalized spacial score (nSPS) is 10.4. The molecule has 0 bridgehead atoms. The number of aromatic nitrogens is 8. The number of nitrogens with zero attached hydrogens (tertiary/aromatic N) is 9. The van der Waals surface area contributed by atoms with Crippen molar-refractivity contribution in [3.63, 3.8) is 0 Å². The van der Waals surface area contributed by atoms with Crippen LogP contribution in [-0.4, -0.2) is 44.8 Å². The van der Waals surface area contributed by atoms with E-state index in [4.69, 9.17) is 4.98 Å². The van der Waals surface area contributed by atoms with Crippen LogP contribution in [0.15, 0.2) is 152 Å². The maximum Gasteiger partial charge on any atom is 2.00 e. The number of benzene rings is 2. The summed E-state index contributed by atoms with van der Waals surface area (Å²) >= 11 is 0. The van der Waals surface area contributed by atoms with Gasteiger partial charge in [-0.3, -0.25) is 40.0 Å². The van der Waals surface area contributed by atoms with E-state index in [9.17, 15) is 10.1 Å². The summed E-state index contributed by atoms with van der Waals surface area (Å²) in [6.07, 6.45) is 10.5. The van der Waals surface area contributed by atoms with Gasteiger partial charge in [-0.25, -0.2) is 9.97 Å². The van der Waals surface area contributed by atoms with Gasteiger partial charge >= 0.3 is 19.5 Å². The number of rotatable bonds is 3. The minimum atomic E-state index is -0.435. The topological polar surface area (TPSA) is 146 Å². The summed E-state index contributed by atoms with van der Waals surface area (Å²) in [6.45, 7) is 0. The Labute approximate surface area is 298 Å². The zero-order valence-electron chi connectivity index (χ0n) is 26.1. The van der Waals surface area contributed by atoms with Crippen molar-refractivity contribution in [2.75, 3.05) is 0 Å². The third-order valence-corrected chi connectivity index (χ3v) is 7.39. The number of hydrogen-bond donors (Lipinski definition) is 0. The average Bonchev–Trinajstić information content (AvgIpc) is 3.19. The summed E-state index contributed by atoms with van der Waals surface area (Å²) in [5, 5.41) is 12.7. The van der Waals surface area contributed by atoms with Crippen LogP contribution in [0, 0.1) is 10.1 Å². The van der Waals surface area contributed by atoms with Crippen LogP contribution in [0.5, 0.6) is 0 Å². The smallest absolute Gasteiger partial charge is 0.258 e. The van der Waals surface area contributed by atoms with Crippen LogP contribution >= 0.6 is 0 Å². The molecule has 50 heavy (non-hydrogen) atoms. The Bertz CT molecular complexity index is 2380. The minimum Gasteiger partial charge on any atom is -0.258 e. The number of hydrogen-bond acceptors (Lipinski definition) is 10. The molecule has 0 radical (unpaired) electrons. The van der Waals surface area contributed by atoms with Gasteiger partial charge in [0.2, 0.25) is 0 Å². The van der Waals surface area contributed by atoms with Crippen LogP contribution in [-0.2, 0) is 19.5 Å². The molecule has 0 fully saturated rings. The quantitative estimate of drug-likeness (QED) is 0.0573. The van der Waals surface area contributed by atoms with Gasteiger partial charge in [0, 0.05) is 60.1 Å². The van der Waals surface area contributed by atoms with Crippen LogP contribution in [0.25, 0.3) is 66.6 Å². The molecule has 0 aliphatic heterocycles. The Morgan fingerprint density at radius 2 is 0.820 bits per heavy atom. The van der Waals surface area contributed by atoms with E-state index in [-0.39, 0.29) is 25.2 Å². The number of pyridine rings is 6. The van der Waals surface area contributed by atoms with Crippen LogP contribution in [0.2, 0.25) is 0 Å². The summed E-state index contributed by atoms with van der Waals surface area (Å²) in [7, 11) is 0. The number of fused-ring (bicyclic) bond motifs is 7. The van der Waals surface area contributed by atoms with Gasteiger partial charge in [0.15, 0.2) is 0 Å². The monoisotopic (exact) mass is 741 g/mol. The van der Waals surface area contributed by atoms with Crippen molar-refractivity contribution in [3.05, 3.63) is 163 Å². The third kappa shape index (κ3) is 7.30. The van der Waals surface area contributed by atoms with Crippen LogP contribution in [0.3, 0.4) is 0 Å². The van der Waals surface area contributed by atoms with Gasteiger partial charge in [0.1, 0.15) is 0 Å². The molecule has 2 aromatic carbocycles. The largest absolute Gasteiger partial charge is 2.00 e. The predicted molar refractivity (Wildman–Crippen MR) is 189 cm³/mol. The molecular formula is C38H25N9O2Ru+2. The maximum atomic E-state index is 11.0. The van der Waals surface area contributed by atoms with Crippen molar-refractivity contribution < 1.29 is 24.4 Å². The standard InChI is InChI=1S/C18H9N5O2.2C10H8N2.Ru/c24-23(25)10-5-6-13-14(9-10)22-18-12-4-2-8-20-16(12)15-11(17(18)21-13)3-1-7-19-15;2*1-3-7-11-9(5-1)10-6-2-4-8-12-10;/h1-9H;2*1-8H;/q;;;+2. The van der Waals surface area contributed by atoms with Crippen LogP contribution < -0.4 is 0 Å². The minimum absolute atomic E-state index is 0. The molecule has 9 aromatic rings. The Hall–Kier alpha value is -6.52. The Morgan fingerprint density at radius 3 is 1.20 bits per heavy atom. The van der Waals surface area contributed by atoms with Gasteiger partial charge in [0.05, 0.1) is 60.8 Å². The molecule has 0 saturated heterocycles. The summed E-state index contributed by atoms with van der Waals surface area (Å²) in [6, 6.07) is 35.2. The van der Waals surface area contributed by atoms with Crippen molar-refractivity contribution in [2.24, 2.45) is 0 Å². The second-order valence-electron chi connectivity index (χ2n) is 10.5. The molecule has 0 unspecified atom stereocenters. The Morgan fingerprint density at radius 1 is 0.420 bits per heavy atom. The molecule has 0 saturated carbocycles. The molecule has 0 spiro atoms. The molecule has 12 heteroatoms. The molecular weight excluding hydrogens is 716 g/mol. The third-order valence-electron chi connectivity index (χ3n) is 7.39. The first kappa shape index (κ1) is 33.4. The van der Waals surface area contributed by atoms with E-state index in [2.05, 4.69) is 34.9 Å². The fourth-order valence-corrected chi connectivity index (χ4v) is 5.16. The van der Waals surface area contributed by atoms with Gasteiger partial charge in [-0.15, -0.1) is 0 Å². The van der Waals surface area contributed by atoms with Gasteiger partial charge in [-0.1, -0.05) is 24.3 Å². The zero-order valence-corrected chi connectivity index (χ0v) is 27.9. The molecule has 0 amide bonds. The molecule has 0 N–H and O–H groups in total. The first-order valence-electron chi connectivity index (χ1n) is 15.2. The first-order valence-corrected chi connectivity index (χ1v) is 15.2. The summed E-state index contributed by atoms with van der Waals surface area (Å²) < 4.78 is 0. The van der Waals surface area contributed by atoms with E-state index in [0.717, 1.165) is 44.6 Å². The number of non-ortho nitro benzene ring substituents is 1. The van der Waals surface area contributed by atoms with Crippen molar-refractivity contribution in [1.82, 2.24) is 39.9 Å². The molecule has 0 atom stereocenters. The summed E-state index contributed by atoms with van der Waals surface area (Å²) in [4.78, 5) is 45.6. The Balaban J connectivity index is 0.000000145. The van der Waals surface area contributed by atoms with Gasteiger partial charge in [-0.05, 0) is 78.9 Å². The van der Waals surface area contributed by atoms with E-state index in [0.29, 0.717) is 22.1 Å². The SMILES string of the molecule is O=[N+]([O-])c1ccc2nc3c4cccnc4c4ncccc4c3nc2c1.[Ru+2].c1ccc(-c2ccccn2)nc1.c1ccc(-c2ccccn2)nc1. The van der Waals surface area contributed by atoms with Gasteiger partial charge in [0.25, 0.3) is 5.69 Å². The van der Waals surface area contributed by atoms with E-state index >= 15 is 0 Å². The van der Waals surface area contributed by atoms with E-state index in [1.54, 1.807) is 43.2 Å². The predicted octanol–water partition coefficient (Wildman–Crippen LogP) is 8.07. The second-order valence-corrected chi connectivity index (χ2v) is 10.5.